The Bertz CT molecular complexity index is 7080. The van der Waals surface area contributed by atoms with Crippen LogP contribution < -0.4 is 0 Å². The molecular weight excluding hydrogens is 1370 g/mol. The number of rotatable bonds is 14. The Balaban J connectivity index is 0.538. The topological polar surface area (TPSA) is 112 Å². The summed E-state index contributed by atoms with van der Waals surface area (Å²) in [7, 11) is 0. The lowest BCUT2D eigenvalue weighted by Gasteiger charge is -2.12. The predicted octanol–water partition coefficient (Wildman–Crippen LogP) is 25.3. The van der Waals surface area contributed by atoms with Gasteiger partial charge in [-0.05, 0) is 121 Å². The SMILES string of the molecule is c1ccc(-c2cccc(-c3cc(-c4ccc(-c5ccc(-c6nc7c(nc8cc(-c9ccc(-c%10cccc(-c%11cc(-c%12ccc(-c%13ccc(-c%14nc%15c(nc%16ccccn%16%15)c%15ccccc%14%15)cc%13)cc%12)nc(-c%12ccccc%12)n%11)c%10)cc9)ccn87)c7ccccc67)cc5)cc4)nc(-c4cccc(-c5ccccc5)c4)n3)c2)cc1. The Morgan fingerprint density at radius 2 is 0.464 bits per heavy atom. The first kappa shape index (κ1) is 65.1. The summed E-state index contributed by atoms with van der Waals surface area (Å²) >= 11 is 0. The second-order valence-electron chi connectivity index (χ2n) is 28.3. The summed E-state index contributed by atoms with van der Waals surface area (Å²) in [6.07, 6.45) is 4.13. The number of hydrogen-bond acceptors (Lipinski definition) is 8. The number of fused-ring (bicyclic) bond motifs is 10. The van der Waals surface area contributed by atoms with Gasteiger partial charge in [0, 0.05) is 78.4 Å². The third-order valence-electron chi connectivity index (χ3n) is 21.4. The molecule has 0 atom stereocenters. The fourth-order valence-electron chi connectivity index (χ4n) is 15.6. The highest BCUT2D eigenvalue weighted by Crippen LogP contribution is 2.40. The smallest absolute Gasteiger partial charge is 0.165 e. The molecule has 0 fully saturated rings. The van der Waals surface area contributed by atoms with Crippen molar-refractivity contribution in [2.45, 2.75) is 0 Å². The van der Waals surface area contributed by atoms with E-state index in [0.717, 1.165) is 201 Å². The van der Waals surface area contributed by atoms with Crippen LogP contribution in [0, 0.1) is 0 Å². The maximum Gasteiger partial charge on any atom is 0.165 e. The number of hydrogen-bond donors (Lipinski definition) is 0. The summed E-state index contributed by atoms with van der Waals surface area (Å²) in [5, 5.41) is 4.25. The number of benzene rings is 13. The maximum atomic E-state index is 5.44. The molecule has 8 heterocycles. The molecule has 10 heteroatoms. The molecule has 21 rings (SSSR count). The molecular formula is C102H64N10. The first-order valence-corrected chi connectivity index (χ1v) is 37.6. The summed E-state index contributed by atoms with van der Waals surface area (Å²) in [5.74, 6) is 1.33. The fraction of sp³-hybridized carbons (Fsp3) is 0. The second-order valence-corrected chi connectivity index (χ2v) is 28.3. The molecule has 0 saturated heterocycles. The lowest BCUT2D eigenvalue weighted by atomic mass is 9.97. The molecule has 0 radical (unpaired) electrons. The average Bonchev–Trinajstić information content (AvgIpc) is 1.57. The van der Waals surface area contributed by atoms with E-state index in [1.807, 2.05) is 54.7 Å². The van der Waals surface area contributed by atoms with Crippen LogP contribution in [-0.4, -0.2) is 48.7 Å². The molecule has 0 spiro atoms. The highest BCUT2D eigenvalue weighted by molar-refractivity contribution is 6.11. The molecule has 0 bridgehead atoms. The zero-order chi connectivity index (χ0) is 74.0. The lowest BCUT2D eigenvalue weighted by Crippen LogP contribution is -1.96. The quantitative estimate of drug-likeness (QED) is 0.106. The van der Waals surface area contributed by atoms with Crippen molar-refractivity contribution in [3.63, 3.8) is 0 Å². The van der Waals surface area contributed by atoms with Gasteiger partial charge in [-0.25, -0.2) is 39.9 Å². The van der Waals surface area contributed by atoms with Crippen LogP contribution in [0.15, 0.2) is 389 Å². The van der Waals surface area contributed by atoms with Crippen molar-refractivity contribution in [1.82, 2.24) is 48.7 Å². The zero-order valence-electron chi connectivity index (χ0n) is 60.4. The molecule has 21 aromatic rings. The van der Waals surface area contributed by atoms with Gasteiger partial charge in [-0.15, -0.1) is 0 Å². The Labute approximate surface area is 645 Å². The normalized spacial score (nSPS) is 11.6. The minimum atomic E-state index is 0.663. The van der Waals surface area contributed by atoms with Crippen LogP contribution in [0.5, 0.6) is 0 Å². The number of imidazole rings is 2. The van der Waals surface area contributed by atoms with E-state index in [4.69, 9.17) is 39.9 Å². The Morgan fingerprint density at radius 1 is 0.161 bits per heavy atom. The van der Waals surface area contributed by atoms with E-state index in [2.05, 4.69) is 343 Å². The highest BCUT2D eigenvalue weighted by Gasteiger charge is 2.21. The Kier molecular flexibility index (Phi) is 16.0. The van der Waals surface area contributed by atoms with E-state index in [1.54, 1.807) is 0 Å². The summed E-state index contributed by atoms with van der Waals surface area (Å²) < 4.78 is 4.18. The fourth-order valence-corrected chi connectivity index (χ4v) is 15.6. The largest absolute Gasteiger partial charge is 0.284 e. The van der Waals surface area contributed by atoms with Crippen LogP contribution in [0.3, 0.4) is 0 Å². The summed E-state index contributed by atoms with van der Waals surface area (Å²) in [6.45, 7) is 0. The van der Waals surface area contributed by atoms with Crippen LogP contribution in [0.4, 0.5) is 0 Å². The van der Waals surface area contributed by atoms with E-state index in [0.29, 0.717) is 11.6 Å². The molecule has 0 N–H and O–H groups in total. The minimum absolute atomic E-state index is 0.663. The third kappa shape index (κ3) is 12.1. The highest BCUT2D eigenvalue weighted by atomic mass is 15.1. The molecule has 8 aromatic heterocycles. The molecule has 0 aliphatic rings. The van der Waals surface area contributed by atoms with Gasteiger partial charge in [-0.2, -0.15) is 0 Å². The van der Waals surface area contributed by atoms with E-state index in [-0.39, 0.29) is 0 Å². The Morgan fingerprint density at radius 3 is 0.920 bits per heavy atom. The molecule has 10 nitrogen and oxygen atoms in total. The van der Waals surface area contributed by atoms with Gasteiger partial charge >= 0.3 is 0 Å². The van der Waals surface area contributed by atoms with Gasteiger partial charge in [-0.1, -0.05) is 322 Å². The van der Waals surface area contributed by atoms with Gasteiger partial charge in [0.1, 0.15) is 22.3 Å². The maximum absolute atomic E-state index is 5.44. The van der Waals surface area contributed by atoms with E-state index >= 15 is 0 Å². The first-order valence-electron chi connectivity index (χ1n) is 37.6. The molecule has 0 aliphatic carbocycles. The Hall–Kier alpha value is -15.3. The molecule has 0 unspecified atom stereocenters. The number of nitrogens with zero attached hydrogens (tertiary/aromatic N) is 10. The molecule has 0 saturated carbocycles. The predicted molar refractivity (Wildman–Crippen MR) is 457 cm³/mol. The van der Waals surface area contributed by atoms with E-state index in [9.17, 15) is 0 Å². The lowest BCUT2D eigenvalue weighted by molar-refractivity contribution is 1.18. The van der Waals surface area contributed by atoms with Crippen molar-refractivity contribution in [2.75, 3.05) is 0 Å². The minimum Gasteiger partial charge on any atom is -0.284 e. The van der Waals surface area contributed by atoms with Crippen molar-refractivity contribution < 1.29 is 0 Å². The van der Waals surface area contributed by atoms with Crippen LogP contribution in [-0.2, 0) is 0 Å². The van der Waals surface area contributed by atoms with Crippen LogP contribution in [0.25, 0.3) is 212 Å². The van der Waals surface area contributed by atoms with Gasteiger partial charge < -0.3 is 0 Å². The third-order valence-corrected chi connectivity index (χ3v) is 21.4. The zero-order valence-corrected chi connectivity index (χ0v) is 60.4. The van der Waals surface area contributed by atoms with Crippen molar-refractivity contribution >= 4 is 55.2 Å². The van der Waals surface area contributed by atoms with E-state index < -0.39 is 0 Å². The number of aromatic nitrogens is 10. The van der Waals surface area contributed by atoms with Crippen molar-refractivity contribution in [2.24, 2.45) is 0 Å². The van der Waals surface area contributed by atoms with Gasteiger partial charge in [0.25, 0.3) is 0 Å². The molecule has 522 valence electrons. The van der Waals surface area contributed by atoms with E-state index in [1.165, 1.54) is 0 Å². The van der Waals surface area contributed by atoms with Crippen molar-refractivity contribution in [3.8, 4) is 157 Å². The van der Waals surface area contributed by atoms with Gasteiger partial charge in [0.15, 0.2) is 22.9 Å². The second kappa shape index (κ2) is 27.5. The van der Waals surface area contributed by atoms with Gasteiger partial charge in [-0.3, -0.25) is 8.80 Å². The summed E-state index contributed by atoms with van der Waals surface area (Å²) in [5.41, 5.74) is 31.6. The number of pyridine rings is 4. The van der Waals surface area contributed by atoms with Gasteiger partial charge in [0.05, 0.1) is 34.2 Å². The van der Waals surface area contributed by atoms with Gasteiger partial charge in [0.2, 0.25) is 0 Å². The van der Waals surface area contributed by atoms with Crippen molar-refractivity contribution in [3.05, 3.63) is 389 Å². The monoisotopic (exact) mass is 1430 g/mol. The molecule has 0 aliphatic heterocycles. The molecule has 13 aromatic carbocycles. The molecule has 0 amide bonds. The average molecular weight is 1430 g/mol. The standard InChI is InChI=1S/C102H64N10/c1-4-19-65(20-5-1)78-25-16-28-82(59-78)92-64-90(104-100(106-92)84-30-18-27-80(61-84)66-21-6-2-7-22-66)74-50-42-68(43-51-74)70-46-54-76(55-47-70)96-86-32-11-13-34-88(86)98-102(110-96)112-58-56-81(62-94(112)108-98)72-38-36-71(37-39-72)79-26-17-29-83(60-79)91-63-89(103-99(105-91)77-23-8-3-9-24-77)73-48-40-67(41-49-73)69-44-52-75(53-45-69)95-85-31-10-12-33-87(85)97-101(109-95)111-57-15-14-35-93(111)107-97/h1-64H. The first-order chi connectivity index (χ1) is 55.4. The van der Waals surface area contributed by atoms with Crippen LogP contribution in [0.1, 0.15) is 0 Å². The van der Waals surface area contributed by atoms with Crippen LogP contribution in [0.2, 0.25) is 0 Å². The van der Waals surface area contributed by atoms with Crippen LogP contribution >= 0.6 is 0 Å². The summed E-state index contributed by atoms with van der Waals surface area (Å²) in [4.78, 5) is 41.9. The summed E-state index contributed by atoms with van der Waals surface area (Å²) in [6, 6.07) is 132. The van der Waals surface area contributed by atoms with Crippen molar-refractivity contribution in [1.29, 1.82) is 0 Å². The molecule has 112 heavy (non-hydrogen) atoms.